The number of hydrogen-bond donors (Lipinski definition) is 1. The number of halogens is 2. The third-order valence-electron chi connectivity index (χ3n) is 7.90. The first kappa shape index (κ1) is 29.2. The number of hydrogen-bond acceptors (Lipinski definition) is 8. The highest BCUT2D eigenvalue weighted by Crippen LogP contribution is 2.48. The SMILES string of the molecule is C=CC(=O)N1CCc2nc(-c3nc(-c4ccc5c(c4)CNC5=O)c4ccsc4c3-c3c(F)cc(F)cc3OCCOC)sc2C1. The number of pyridine rings is 1. The van der Waals surface area contributed by atoms with Gasteiger partial charge < -0.3 is 19.7 Å². The number of benzene rings is 2. The molecule has 0 unspecified atom stereocenters. The lowest BCUT2D eigenvalue weighted by Crippen LogP contribution is -2.34. The maximum absolute atomic E-state index is 16.0. The third kappa shape index (κ3) is 5.18. The normalized spacial score (nSPS) is 13.9. The van der Waals surface area contributed by atoms with Crippen LogP contribution in [0.25, 0.3) is 43.2 Å². The number of aromatic nitrogens is 2. The Morgan fingerprint density at radius 1 is 1.13 bits per heavy atom. The summed E-state index contributed by atoms with van der Waals surface area (Å²) in [5.74, 6) is -1.81. The molecular formula is C33H26F2N4O4S2. The quantitative estimate of drug-likeness (QED) is 0.156. The first-order valence-corrected chi connectivity index (χ1v) is 15.9. The molecule has 2 aromatic carbocycles. The van der Waals surface area contributed by atoms with Gasteiger partial charge in [-0.25, -0.2) is 18.7 Å². The molecule has 2 amide bonds. The zero-order valence-corrected chi connectivity index (χ0v) is 25.7. The van der Waals surface area contributed by atoms with Crippen molar-refractivity contribution in [2.24, 2.45) is 0 Å². The zero-order valence-electron chi connectivity index (χ0n) is 24.1. The number of fused-ring (bicyclic) bond motifs is 3. The summed E-state index contributed by atoms with van der Waals surface area (Å²) in [6, 6.07) is 9.52. The van der Waals surface area contributed by atoms with Gasteiger partial charge in [0.05, 0.1) is 30.1 Å². The minimum atomic E-state index is -0.792. The van der Waals surface area contributed by atoms with Gasteiger partial charge in [-0.2, -0.15) is 0 Å². The highest BCUT2D eigenvalue weighted by atomic mass is 32.1. The summed E-state index contributed by atoms with van der Waals surface area (Å²) >= 11 is 2.80. The van der Waals surface area contributed by atoms with Crippen LogP contribution in [0.4, 0.5) is 8.78 Å². The Kier molecular flexibility index (Phi) is 7.64. The first-order valence-electron chi connectivity index (χ1n) is 14.2. The van der Waals surface area contributed by atoms with E-state index < -0.39 is 11.6 Å². The summed E-state index contributed by atoms with van der Waals surface area (Å²) in [6.07, 6.45) is 1.85. The molecule has 0 atom stereocenters. The van der Waals surface area contributed by atoms with Crippen molar-refractivity contribution in [3.63, 3.8) is 0 Å². The van der Waals surface area contributed by atoms with Crippen LogP contribution in [0, 0.1) is 11.6 Å². The van der Waals surface area contributed by atoms with Crippen molar-refractivity contribution in [3.05, 3.63) is 87.8 Å². The minimum Gasteiger partial charge on any atom is -0.490 e. The molecule has 0 radical (unpaired) electrons. The Hall–Kier alpha value is -4.52. The molecule has 0 spiro atoms. The molecule has 2 aliphatic rings. The monoisotopic (exact) mass is 644 g/mol. The lowest BCUT2D eigenvalue weighted by atomic mass is 9.96. The molecule has 0 saturated carbocycles. The van der Waals surface area contributed by atoms with Gasteiger partial charge in [-0.05, 0) is 35.2 Å². The van der Waals surface area contributed by atoms with E-state index in [1.54, 1.807) is 11.0 Å². The Morgan fingerprint density at radius 3 is 2.82 bits per heavy atom. The molecule has 0 bridgehead atoms. The minimum absolute atomic E-state index is 0.0289. The van der Waals surface area contributed by atoms with Crippen LogP contribution in [-0.2, 0) is 29.0 Å². The number of nitrogens with zero attached hydrogens (tertiary/aromatic N) is 3. The molecular weight excluding hydrogens is 619 g/mol. The Bertz CT molecular complexity index is 2020. The van der Waals surface area contributed by atoms with Crippen molar-refractivity contribution in [2.45, 2.75) is 19.5 Å². The van der Waals surface area contributed by atoms with Crippen LogP contribution >= 0.6 is 22.7 Å². The van der Waals surface area contributed by atoms with Crippen molar-refractivity contribution in [2.75, 3.05) is 26.9 Å². The first-order chi connectivity index (χ1) is 21.9. The van der Waals surface area contributed by atoms with Gasteiger partial charge in [-0.15, -0.1) is 22.7 Å². The van der Waals surface area contributed by atoms with E-state index in [4.69, 9.17) is 19.4 Å². The summed E-state index contributed by atoms with van der Waals surface area (Å²) < 4.78 is 42.3. The maximum Gasteiger partial charge on any atom is 0.251 e. The van der Waals surface area contributed by atoms with Gasteiger partial charge in [0.25, 0.3) is 5.91 Å². The molecule has 3 aromatic heterocycles. The number of rotatable bonds is 8. The largest absolute Gasteiger partial charge is 0.490 e. The van der Waals surface area contributed by atoms with Crippen molar-refractivity contribution >= 4 is 44.6 Å². The van der Waals surface area contributed by atoms with E-state index >= 15 is 4.39 Å². The molecule has 228 valence electrons. The Labute approximate surface area is 265 Å². The van der Waals surface area contributed by atoms with E-state index in [-0.39, 0.29) is 36.3 Å². The molecule has 0 fully saturated rings. The molecule has 0 saturated heterocycles. The summed E-state index contributed by atoms with van der Waals surface area (Å²) in [5.41, 5.74) is 4.71. The standard InChI is InChI=1S/C33H26F2N4O4S2/c1-3-26(40)39-8-6-23-25(16-39)45-33(37-23)30-28(27-22(35)13-19(34)14-24(27)43-10-9-42-2)31-21(7-11-44-31)29(38-30)17-4-5-20-18(12-17)15-36-32(20)41/h3-5,7,11-14H,1,6,8-10,15-16H2,2H3,(H,36,41). The summed E-state index contributed by atoms with van der Waals surface area (Å²) in [6.45, 7) is 5.22. The van der Waals surface area contributed by atoms with Crippen LogP contribution < -0.4 is 10.1 Å². The van der Waals surface area contributed by atoms with E-state index in [9.17, 15) is 14.0 Å². The maximum atomic E-state index is 16.0. The van der Waals surface area contributed by atoms with Gasteiger partial charge in [0.15, 0.2) is 0 Å². The van der Waals surface area contributed by atoms with Crippen LogP contribution in [0.5, 0.6) is 5.75 Å². The zero-order chi connectivity index (χ0) is 31.2. The lowest BCUT2D eigenvalue weighted by Gasteiger charge is -2.24. The molecule has 5 aromatic rings. The Morgan fingerprint density at radius 2 is 2.00 bits per heavy atom. The number of carbonyl (C=O) groups is 2. The van der Waals surface area contributed by atoms with Crippen LogP contribution in [-0.4, -0.2) is 53.6 Å². The fraction of sp³-hybridized carbons (Fsp3) is 0.212. The summed E-state index contributed by atoms with van der Waals surface area (Å²) in [7, 11) is 1.52. The van der Waals surface area contributed by atoms with E-state index in [1.165, 1.54) is 41.9 Å². The van der Waals surface area contributed by atoms with Crippen molar-refractivity contribution < 1.29 is 27.8 Å². The number of ether oxygens (including phenoxy) is 2. The number of thiazole rings is 1. The van der Waals surface area contributed by atoms with Crippen LogP contribution in [0.2, 0.25) is 0 Å². The van der Waals surface area contributed by atoms with Crippen LogP contribution in [0.3, 0.4) is 0 Å². The van der Waals surface area contributed by atoms with Gasteiger partial charge in [0, 0.05) is 70.4 Å². The van der Waals surface area contributed by atoms with E-state index in [1.807, 2.05) is 23.6 Å². The highest BCUT2D eigenvalue weighted by Gasteiger charge is 2.30. The number of nitrogens with one attached hydrogen (secondary N) is 1. The molecule has 7 rings (SSSR count). The van der Waals surface area contributed by atoms with Gasteiger partial charge >= 0.3 is 0 Å². The van der Waals surface area contributed by atoms with Crippen LogP contribution in [0.1, 0.15) is 26.5 Å². The number of thiophene rings is 1. The van der Waals surface area contributed by atoms with Crippen LogP contribution in [0.15, 0.2) is 54.4 Å². The Balaban J connectivity index is 1.47. The molecule has 1 N–H and O–H groups in total. The topological polar surface area (TPSA) is 93.7 Å². The molecule has 0 aliphatic carbocycles. The average molecular weight is 645 g/mol. The second-order valence-electron chi connectivity index (χ2n) is 10.6. The predicted octanol–water partition coefficient (Wildman–Crippen LogP) is 6.37. The van der Waals surface area contributed by atoms with E-state index in [0.717, 1.165) is 37.9 Å². The molecule has 12 heteroatoms. The predicted molar refractivity (Wildman–Crippen MR) is 169 cm³/mol. The van der Waals surface area contributed by atoms with Crippen molar-refractivity contribution in [1.82, 2.24) is 20.2 Å². The molecule has 45 heavy (non-hydrogen) atoms. The molecule has 5 heterocycles. The second kappa shape index (κ2) is 11.8. The van der Waals surface area contributed by atoms with E-state index in [0.29, 0.717) is 53.6 Å². The van der Waals surface area contributed by atoms with Crippen molar-refractivity contribution in [3.8, 4) is 38.8 Å². The second-order valence-corrected chi connectivity index (χ2v) is 12.6. The van der Waals surface area contributed by atoms with Gasteiger partial charge in [-0.3, -0.25) is 9.59 Å². The average Bonchev–Trinajstić information content (AvgIpc) is 3.78. The van der Waals surface area contributed by atoms with E-state index in [2.05, 4.69) is 11.9 Å². The number of methoxy groups -OCH3 is 1. The summed E-state index contributed by atoms with van der Waals surface area (Å²) in [5, 5.41) is 6.07. The fourth-order valence-corrected chi connectivity index (χ4v) is 7.83. The van der Waals surface area contributed by atoms with Gasteiger partial charge in [0.1, 0.15) is 34.7 Å². The molecule has 8 nitrogen and oxygen atoms in total. The fourth-order valence-electron chi connectivity index (χ4n) is 5.77. The number of amides is 2. The number of carbonyl (C=O) groups excluding carboxylic acids is 2. The highest BCUT2D eigenvalue weighted by molar-refractivity contribution is 7.18. The van der Waals surface area contributed by atoms with Gasteiger partial charge in [0.2, 0.25) is 5.91 Å². The lowest BCUT2D eigenvalue weighted by molar-refractivity contribution is -0.126. The molecule has 2 aliphatic heterocycles. The smallest absolute Gasteiger partial charge is 0.251 e. The summed E-state index contributed by atoms with van der Waals surface area (Å²) in [4.78, 5) is 37.4. The van der Waals surface area contributed by atoms with Gasteiger partial charge in [-0.1, -0.05) is 12.6 Å². The third-order valence-corrected chi connectivity index (χ3v) is 9.93. The van der Waals surface area contributed by atoms with Crippen molar-refractivity contribution in [1.29, 1.82) is 0 Å².